The molecule has 0 rings (SSSR count). The second kappa shape index (κ2) is 21.5. The van der Waals surface area contributed by atoms with Gasteiger partial charge in [0.05, 0.1) is 6.10 Å². The van der Waals surface area contributed by atoms with Gasteiger partial charge in [0.15, 0.2) is 0 Å². The molecule has 0 spiro atoms. The Hall–Kier alpha value is -0.830. The first kappa shape index (κ1) is 30.3. The lowest BCUT2D eigenvalue weighted by Crippen LogP contribution is -2.22. The zero-order chi connectivity index (χ0) is 10.8. The highest BCUT2D eigenvalue weighted by atomic mass is 16.3. The number of aliphatic hydroxyl groups is 1. The summed E-state index contributed by atoms with van der Waals surface area (Å²) in [6.07, 6.45) is 6.17. The number of hydrogen-bond donors (Lipinski definition) is 2. The Morgan fingerprint density at radius 3 is 2.17 bits per heavy atom. The highest BCUT2D eigenvalue weighted by Crippen LogP contribution is 1.98. The van der Waals surface area contributed by atoms with Crippen LogP contribution in [0.4, 0.5) is 0 Å². The molecule has 3 heteroatoms. The molecule has 1 unspecified atom stereocenters. The molecule has 0 bridgehead atoms. The number of nitrogens with one attached hydrogen (secondary N) is 1. The molecule has 1 atom stereocenters. The third-order valence-corrected chi connectivity index (χ3v) is 1.92. The zero-order valence-corrected chi connectivity index (χ0v) is 9.12. The molecule has 0 aliphatic carbocycles. The Balaban J connectivity index is -0.000000141. The first-order chi connectivity index (χ1) is 6.70. The number of carbonyl (C=O) groups is 1. The maximum Gasteiger partial charge on any atom is 0.223 e. The van der Waals surface area contributed by atoms with Gasteiger partial charge in [0, 0.05) is 13.0 Å². The third kappa shape index (κ3) is 20.6. The van der Waals surface area contributed by atoms with Crippen LogP contribution in [0.1, 0.15) is 69.2 Å². The van der Waals surface area contributed by atoms with Crippen molar-refractivity contribution in [3.63, 3.8) is 0 Å². The first-order valence-electron chi connectivity index (χ1n) is 5.30. The standard InChI is InChI=1S/C11H21NO2.4CH4/c1-3-9-12-11(14)8-6-5-7-10(13)4-2;;;;/h5-6,10,13H,3-4,7-9H2,1-2H3,(H,12,14);4*1H4. The Morgan fingerprint density at radius 1 is 1.17 bits per heavy atom. The molecule has 0 aliphatic heterocycles. The number of aliphatic hydroxyl groups excluding tert-OH is 1. The van der Waals surface area contributed by atoms with Crippen LogP contribution in [0.5, 0.6) is 0 Å². The van der Waals surface area contributed by atoms with Crippen LogP contribution >= 0.6 is 0 Å². The lowest BCUT2D eigenvalue weighted by Gasteiger charge is -2.02. The molecule has 0 saturated carbocycles. The number of rotatable bonds is 7. The Bertz CT molecular complexity index is 179. The van der Waals surface area contributed by atoms with Crippen LogP contribution in [-0.2, 0) is 4.79 Å². The van der Waals surface area contributed by atoms with Crippen LogP contribution in [0.15, 0.2) is 12.2 Å². The molecule has 1 amide bonds. The average molecular weight is 263 g/mol. The van der Waals surface area contributed by atoms with Gasteiger partial charge in [0.1, 0.15) is 0 Å². The molecule has 0 aromatic carbocycles. The van der Waals surface area contributed by atoms with Gasteiger partial charge in [-0.15, -0.1) is 0 Å². The van der Waals surface area contributed by atoms with Crippen LogP contribution in [0.25, 0.3) is 0 Å². The van der Waals surface area contributed by atoms with Crippen molar-refractivity contribution < 1.29 is 9.90 Å². The monoisotopic (exact) mass is 263 g/mol. The van der Waals surface area contributed by atoms with E-state index in [0.29, 0.717) is 12.8 Å². The summed E-state index contributed by atoms with van der Waals surface area (Å²) in [5.74, 6) is 0.0501. The minimum Gasteiger partial charge on any atom is -0.393 e. The van der Waals surface area contributed by atoms with Gasteiger partial charge < -0.3 is 10.4 Å². The van der Waals surface area contributed by atoms with E-state index in [1.165, 1.54) is 0 Å². The van der Waals surface area contributed by atoms with Crippen LogP contribution in [-0.4, -0.2) is 23.7 Å². The van der Waals surface area contributed by atoms with Crippen molar-refractivity contribution in [1.29, 1.82) is 0 Å². The van der Waals surface area contributed by atoms with Gasteiger partial charge in [-0.05, 0) is 19.3 Å². The van der Waals surface area contributed by atoms with Crippen molar-refractivity contribution in [3.05, 3.63) is 12.2 Å². The molecule has 0 radical (unpaired) electrons. The molecule has 0 fully saturated rings. The fourth-order valence-electron chi connectivity index (χ4n) is 0.947. The van der Waals surface area contributed by atoms with Crippen LogP contribution < -0.4 is 5.32 Å². The smallest absolute Gasteiger partial charge is 0.223 e. The maximum atomic E-state index is 11.1. The van der Waals surface area contributed by atoms with E-state index in [-0.39, 0.29) is 41.7 Å². The summed E-state index contributed by atoms with van der Waals surface area (Å²) in [6, 6.07) is 0. The van der Waals surface area contributed by atoms with Gasteiger partial charge in [-0.3, -0.25) is 4.79 Å². The summed E-state index contributed by atoms with van der Waals surface area (Å²) in [5, 5.41) is 12.0. The molecule has 0 heterocycles. The summed E-state index contributed by atoms with van der Waals surface area (Å²) >= 11 is 0. The molecule has 0 saturated heterocycles. The van der Waals surface area contributed by atoms with Gasteiger partial charge in [0.2, 0.25) is 5.91 Å². The second-order valence-corrected chi connectivity index (χ2v) is 3.32. The number of amides is 1. The van der Waals surface area contributed by atoms with Gasteiger partial charge in [-0.25, -0.2) is 0 Å². The van der Waals surface area contributed by atoms with E-state index < -0.39 is 0 Å². The van der Waals surface area contributed by atoms with Crippen LogP contribution in [0, 0.1) is 0 Å². The normalized spacial score (nSPS) is 10.2. The van der Waals surface area contributed by atoms with E-state index in [2.05, 4.69) is 5.32 Å². The largest absolute Gasteiger partial charge is 0.393 e. The van der Waals surface area contributed by atoms with Gasteiger partial charge in [-0.2, -0.15) is 0 Å². The van der Waals surface area contributed by atoms with E-state index in [4.69, 9.17) is 0 Å². The first-order valence-corrected chi connectivity index (χ1v) is 5.30. The van der Waals surface area contributed by atoms with Crippen molar-refractivity contribution in [2.75, 3.05) is 6.54 Å². The molecule has 0 aromatic rings. The van der Waals surface area contributed by atoms with E-state index in [9.17, 15) is 9.90 Å². The molecule has 0 aromatic heterocycles. The Morgan fingerprint density at radius 2 is 1.72 bits per heavy atom. The quantitative estimate of drug-likeness (QED) is 0.677. The van der Waals surface area contributed by atoms with Crippen LogP contribution in [0.3, 0.4) is 0 Å². The van der Waals surface area contributed by atoms with Crippen molar-refractivity contribution in [2.24, 2.45) is 0 Å². The van der Waals surface area contributed by atoms with Crippen molar-refractivity contribution in [3.8, 4) is 0 Å². The lowest BCUT2D eigenvalue weighted by molar-refractivity contribution is -0.120. The topological polar surface area (TPSA) is 49.3 Å². The Labute approximate surface area is 116 Å². The summed E-state index contributed by atoms with van der Waals surface area (Å²) in [6.45, 7) is 4.70. The molecular weight excluding hydrogens is 226 g/mol. The van der Waals surface area contributed by atoms with E-state index in [1.54, 1.807) is 0 Å². The van der Waals surface area contributed by atoms with Crippen molar-refractivity contribution >= 4 is 5.91 Å². The molecular formula is C15H37NO2. The van der Waals surface area contributed by atoms with Crippen molar-refractivity contribution in [2.45, 2.75) is 75.3 Å². The minimum atomic E-state index is -0.273. The van der Waals surface area contributed by atoms with Crippen molar-refractivity contribution in [1.82, 2.24) is 5.32 Å². The fraction of sp³-hybridized carbons (Fsp3) is 0.800. The van der Waals surface area contributed by atoms with Gasteiger partial charge >= 0.3 is 0 Å². The number of carbonyl (C=O) groups excluding carboxylic acids is 1. The van der Waals surface area contributed by atoms with E-state index >= 15 is 0 Å². The molecule has 0 aliphatic rings. The SMILES string of the molecule is C.C.C.C.CCCNC(=O)CC=CCC(O)CC. The highest BCUT2D eigenvalue weighted by molar-refractivity contribution is 5.77. The molecule has 3 nitrogen and oxygen atoms in total. The molecule has 114 valence electrons. The van der Waals surface area contributed by atoms with Crippen LogP contribution in [0.2, 0.25) is 0 Å². The predicted octanol–water partition coefficient (Wildman–Crippen LogP) is 4.16. The summed E-state index contributed by atoms with van der Waals surface area (Å²) < 4.78 is 0. The molecule has 18 heavy (non-hydrogen) atoms. The van der Waals surface area contributed by atoms with E-state index in [0.717, 1.165) is 19.4 Å². The molecule has 2 N–H and O–H groups in total. The van der Waals surface area contributed by atoms with E-state index in [1.807, 2.05) is 26.0 Å². The fourth-order valence-corrected chi connectivity index (χ4v) is 0.947. The zero-order valence-electron chi connectivity index (χ0n) is 9.12. The third-order valence-electron chi connectivity index (χ3n) is 1.92. The highest BCUT2D eigenvalue weighted by Gasteiger charge is 1.97. The van der Waals surface area contributed by atoms with Gasteiger partial charge in [-0.1, -0.05) is 55.7 Å². The minimum absolute atomic E-state index is 0. The van der Waals surface area contributed by atoms with Gasteiger partial charge in [0.25, 0.3) is 0 Å². The summed E-state index contributed by atoms with van der Waals surface area (Å²) in [7, 11) is 0. The number of hydrogen-bond acceptors (Lipinski definition) is 2. The average Bonchev–Trinajstić information content (AvgIpc) is 2.21. The summed E-state index contributed by atoms with van der Waals surface area (Å²) in [5.41, 5.74) is 0. The predicted molar refractivity (Wildman–Crippen MR) is 84.9 cm³/mol. The lowest BCUT2D eigenvalue weighted by atomic mass is 10.2. The summed E-state index contributed by atoms with van der Waals surface area (Å²) in [4.78, 5) is 11.1. The maximum absolute atomic E-state index is 11.1. The second-order valence-electron chi connectivity index (χ2n) is 3.32. The Kier molecular flexibility index (Phi) is 36.1.